The lowest BCUT2D eigenvalue weighted by Gasteiger charge is -2.05. The number of aromatic nitrogens is 2. The highest BCUT2D eigenvalue weighted by Gasteiger charge is 2.06. The maximum absolute atomic E-state index is 12.0. The van der Waals surface area contributed by atoms with Gasteiger partial charge in [-0.15, -0.1) is 0 Å². The third-order valence-electron chi connectivity index (χ3n) is 3.03. The first-order valence-electron chi connectivity index (χ1n) is 6.28. The fraction of sp³-hybridized carbons (Fsp3) is 0.0667. The molecule has 0 saturated heterocycles. The van der Waals surface area contributed by atoms with Gasteiger partial charge in [-0.1, -0.05) is 0 Å². The number of aromatic amines is 1. The lowest BCUT2D eigenvalue weighted by atomic mass is 10.2. The van der Waals surface area contributed by atoms with Crippen LogP contribution in [0.5, 0.6) is 0 Å². The van der Waals surface area contributed by atoms with Gasteiger partial charge in [0, 0.05) is 28.5 Å². The number of nitrogen functional groups attached to an aromatic ring is 1. The number of amides is 1. The summed E-state index contributed by atoms with van der Waals surface area (Å²) in [6, 6.07) is 11.2. The number of H-pyrrole nitrogens is 1. The Labute approximate surface area is 115 Å². The molecule has 0 saturated carbocycles. The summed E-state index contributed by atoms with van der Waals surface area (Å²) in [5, 5.41) is 3.93. The van der Waals surface area contributed by atoms with Gasteiger partial charge in [0.1, 0.15) is 0 Å². The van der Waals surface area contributed by atoms with Gasteiger partial charge in [0.05, 0.1) is 18.3 Å². The SMILES string of the molecule is Nc1ccc(CC(=O)Nc2ccc3[nH]ccc3c2)nc1. The quantitative estimate of drug-likeness (QED) is 0.680. The Morgan fingerprint density at radius 3 is 2.95 bits per heavy atom. The predicted molar refractivity (Wildman–Crippen MR) is 79.3 cm³/mol. The highest BCUT2D eigenvalue weighted by Crippen LogP contribution is 2.17. The lowest BCUT2D eigenvalue weighted by molar-refractivity contribution is -0.115. The highest BCUT2D eigenvalue weighted by atomic mass is 16.1. The van der Waals surface area contributed by atoms with Crippen LogP contribution in [0, 0.1) is 0 Å². The van der Waals surface area contributed by atoms with Crippen molar-refractivity contribution in [1.29, 1.82) is 0 Å². The van der Waals surface area contributed by atoms with E-state index >= 15 is 0 Å². The zero-order valence-electron chi connectivity index (χ0n) is 10.8. The van der Waals surface area contributed by atoms with Crippen molar-refractivity contribution in [2.75, 3.05) is 11.1 Å². The van der Waals surface area contributed by atoms with Crippen molar-refractivity contribution in [3.8, 4) is 0 Å². The molecule has 4 N–H and O–H groups in total. The van der Waals surface area contributed by atoms with Gasteiger partial charge in [0.2, 0.25) is 5.91 Å². The number of benzene rings is 1. The number of nitrogens with two attached hydrogens (primary N) is 1. The molecule has 2 aromatic heterocycles. The molecular weight excluding hydrogens is 252 g/mol. The third-order valence-corrected chi connectivity index (χ3v) is 3.03. The summed E-state index contributed by atoms with van der Waals surface area (Å²) in [6.07, 6.45) is 3.65. The monoisotopic (exact) mass is 266 g/mol. The molecule has 5 heteroatoms. The van der Waals surface area contributed by atoms with Crippen LogP contribution in [0.25, 0.3) is 10.9 Å². The van der Waals surface area contributed by atoms with E-state index in [9.17, 15) is 4.79 Å². The minimum Gasteiger partial charge on any atom is -0.397 e. The topological polar surface area (TPSA) is 83.8 Å². The van der Waals surface area contributed by atoms with Gasteiger partial charge in [-0.05, 0) is 36.4 Å². The third kappa shape index (κ3) is 2.61. The van der Waals surface area contributed by atoms with Gasteiger partial charge in [-0.2, -0.15) is 0 Å². The summed E-state index contributed by atoms with van der Waals surface area (Å²) >= 11 is 0. The first-order chi connectivity index (χ1) is 9.70. The first kappa shape index (κ1) is 12.2. The Bertz CT molecular complexity index is 746. The second kappa shape index (κ2) is 5.05. The number of carbonyl (C=O) groups excluding carboxylic acids is 1. The van der Waals surface area contributed by atoms with Crippen LogP contribution in [-0.4, -0.2) is 15.9 Å². The smallest absolute Gasteiger partial charge is 0.230 e. The Balaban J connectivity index is 1.70. The van der Waals surface area contributed by atoms with E-state index in [-0.39, 0.29) is 12.3 Å². The molecule has 2 heterocycles. The van der Waals surface area contributed by atoms with Crippen molar-refractivity contribution < 1.29 is 4.79 Å². The van der Waals surface area contributed by atoms with Crippen LogP contribution in [0.4, 0.5) is 11.4 Å². The zero-order chi connectivity index (χ0) is 13.9. The van der Waals surface area contributed by atoms with E-state index in [1.807, 2.05) is 30.5 Å². The maximum Gasteiger partial charge on any atom is 0.230 e. The van der Waals surface area contributed by atoms with E-state index in [4.69, 9.17) is 5.73 Å². The van der Waals surface area contributed by atoms with Gasteiger partial charge in [0.25, 0.3) is 0 Å². The van der Waals surface area contributed by atoms with Gasteiger partial charge in [-0.3, -0.25) is 9.78 Å². The van der Waals surface area contributed by atoms with E-state index < -0.39 is 0 Å². The molecule has 20 heavy (non-hydrogen) atoms. The summed E-state index contributed by atoms with van der Waals surface area (Å²) in [6.45, 7) is 0. The second-order valence-corrected chi connectivity index (χ2v) is 4.59. The Hall–Kier alpha value is -2.82. The minimum absolute atomic E-state index is 0.0999. The summed E-state index contributed by atoms with van der Waals surface area (Å²) < 4.78 is 0. The number of anilines is 2. The molecule has 5 nitrogen and oxygen atoms in total. The lowest BCUT2D eigenvalue weighted by Crippen LogP contribution is -2.15. The van der Waals surface area contributed by atoms with E-state index in [0.29, 0.717) is 11.4 Å². The van der Waals surface area contributed by atoms with Crippen molar-refractivity contribution in [3.05, 3.63) is 54.5 Å². The molecule has 0 bridgehead atoms. The number of pyridine rings is 1. The molecule has 1 amide bonds. The fourth-order valence-electron chi connectivity index (χ4n) is 2.04. The molecule has 0 atom stereocenters. The number of hydrogen-bond acceptors (Lipinski definition) is 3. The highest BCUT2D eigenvalue weighted by molar-refractivity contribution is 5.94. The molecule has 0 spiro atoms. The first-order valence-corrected chi connectivity index (χ1v) is 6.28. The van der Waals surface area contributed by atoms with E-state index in [1.54, 1.807) is 18.3 Å². The summed E-state index contributed by atoms with van der Waals surface area (Å²) in [5.74, 6) is -0.0999. The molecule has 3 rings (SSSR count). The summed E-state index contributed by atoms with van der Waals surface area (Å²) in [5.41, 5.74) is 8.66. The number of nitrogens with zero attached hydrogens (tertiary/aromatic N) is 1. The van der Waals surface area contributed by atoms with Crippen LogP contribution in [0.2, 0.25) is 0 Å². The number of nitrogens with one attached hydrogen (secondary N) is 2. The van der Waals surface area contributed by atoms with Gasteiger partial charge < -0.3 is 16.0 Å². The molecule has 3 aromatic rings. The largest absolute Gasteiger partial charge is 0.397 e. The van der Waals surface area contributed by atoms with Crippen molar-refractivity contribution in [2.45, 2.75) is 6.42 Å². The maximum atomic E-state index is 12.0. The molecular formula is C15H14N4O. The normalized spacial score (nSPS) is 10.6. The van der Waals surface area contributed by atoms with Crippen molar-refractivity contribution in [3.63, 3.8) is 0 Å². The van der Waals surface area contributed by atoms with Crippen molar-refractivity contribution >= 4 is 28.2 Å². The van der Waals surface area contributed by atoms with Gasteiger partial charge in [0.15, 0.2) is 0 Å². The molecule has 0 unspecified atom stereocenters. The van der Waals surface area contributed by atoms with Crippen LogP contribution in [0.15, 0.2) is 48.8 Å². The summed E-state index contributed by atoms with van der Waals surface area (Å²) in [4.78, 5) is 19.2. The Kier molecular flexibility index (Phi) is 3.09. The molecule has 1 aromatic carbocycles. The molecule has 100 valence electrons. The number of rotatable bonds is 3. The molecule has 0 radical (unpaired) electrons. The zero-order valence-corrected chi connectivity index (χ0v) is 10.8. The van der Waals surface area contributed by atoms with Crippen molar-refractivity contribution in [2.24, 2.45) is 0 Å². The molecule has 0 aliphatic carbocycles. The van der Waals surface area contributed by atoms with Crippen molar-refractivity contribution in [1.82, 2.24) is 9.97 Å². The second-order valence-electron chi connectivity index (χ2n) is 4.59. The molecule has 0 aliphatic rings. The van der Waals surface area contributed by atoms with Crippen LogP contribution >= 0.6 is 0 Å². The van der Waals surface area contributed by atoms with E-state index in [2.05, 4.69) is 15.3 Å². The molecule has 0 aliphatic heterocycles. The van der Waals surface area contributed by atoms with Gasteiger partial charge in [-0.25, -0.2) is 0 Å². The number of fused-ring (bicyclic) bond motifs is 1. The fourth-order valence-corrected chi connectivity index (χ4v) is 2.04. The number of hydrogen-bond donors (Lipinski definition) is 3. The Morgan fingerprint density at radius 1 is 1.25 bits per heavy atom. The molecule has 0 fully saturated rings. The van der Waals surface area contributed by atoms with Crippen LogP contribution in [0.1, 0.15) is 5.69 Å². The van der Waals surface area contributed by atoms with Crippen LogP contribution in [0.3, 0.4) is 0 Å². The average Bonchev–Trinajstić information content (AvgIpc) is 2.89. The van der Waals surface area contributed by atoms with Crippen LogP contribution in [-0.2, 0) is 11.2 Å². The van der Waals surface area contributed by atoms with Gasteiger partial charge >= 0.3 is 0 Å². The predicted octanol–water partition coefficient (Wildman–Crippen LogP) is 2.33. The number of carbonyl (C=O) groups is 1. The van der Waals surface area contributed by atoms with E-state index in [1.165, 1.54) is 0 Å². The standard InChI is InChI=1S/C15H14N4O/c16-11-1-2-12(18-9-11)8-15(20)19-13-3-4-14-10(7-13)5-6-17-14/h1-7,9,17H,8,16H2,(H,19,20). The van der Waals surface area contributed by atoms with Crippen LogP contribution < -0.4 is 11.1 Å². The van der Waals surface area contributed by atoms with E-state index in [0.717, 1.165) is 16.6 Å². The summed E-state index contributed by atoms with van der Waals surface area (Å²) in [7, 11) is 0. The average molecular weight is 266 g/mol. The Morgan fingerprint density at radius 2 is 2.15 bits per heavy atom. The minimum atomic E-state index is -0.0999.